The van der Waals surface area contributed by atoms with Gasteiger partial charge < -0.3 is 4.74 Å². The summed E-state index contributed by atoms with van der Waals surface area (Å²) in [6, 6.07) is 1.96. The summed E-state index contributed by atoms with van der Waals surface area (Å²) in [6.45, 7) is 2.77. The lowest BCUT2D eigenvalue weighted by Gasteiger charge is -2.07. The standard InChI is InChI=1S/C11H10ClIO/c1-2-3-7-8-4-5-14-11(8)9(12)6-10(7)13/h2-3,6H,4-5H2,1H3/b3-2+. The second-order valence-corrected chi connectivity index (χ2v) is 4.73. The van der Waals surface area contributed by atoms with Crippen molar-refractivity contribution in [1.29, 1.82) is 0 Å². The molecule has 3 heteroatoms. The number of rotatable bonds is 1. The van der Waals surface area contributed by atoms with Crippen LogP contribution in [0.2, 0.25) is 5.02 Å². The van der Waals surface area contributed by atoms with Crippen molar-refractivity contribution in [1.82, 2.24) is 0 Å². The zero-order valence-corrected chi connectivity index (χ0v) is 10.7. The Morgan fingerprint density at radius 1 is 1.57 bits per heavy atom. The van der Waals surface area contributed by atoms with E-state index in [0.717, 1.165) is 23.8 Å². The molecule has 0 unspecified atom stereocenters. The van der Waals surface area contributed by atoms with Gasteiger partial charge in [0.05, 0.1) is 11.6 Å². The molecule has 2 rings (SSSR count). The number of ether oxygens (including phenoxy) is 1. The fourth-order valence-electron chi connectivity index (χ4n) is 1.67. The lowest BCUT2D eigenvalue weighted by Crippen LogP contribution is -1.89. The Morgan fingerprint density at radius 2 is 2.36 bits per heavy atom. The van der Waals surface area contributed by atoms with Crippen molar-refractivity contribution in [3.63, 3.8) is 0 Å². The maximum absolute atomic E-state index is 6.09. The summed E-state index contributed by atoms with van der Waals surface area (Å²) in [7, 11) is 0. The van der Waals surface area contributed by atoms with Crippen LogP contribution in [-0.2, 0) is 6.42 Å². The van der Waals surface area contributed by atoms with Crippen molar-refractivity contribution < 1.29 is 4.74 Å². The normalized spacial score (nSPS) is 14.5. The van der Waals surface area contributed by atoms with E-state index in [4.69, 9.17) is 16.3 Å². The van der Waals surface area contributed by atoms with Crippen LogP contribution in [0.1, 0.15) is 18.1 Å². The van der Waals surface area contributed by atoms with Gasteiger partial charge in [-0.3, -0.25) is 0 Å². The van der Waals surface area contributed by atoms with E-state index in [9.17, 15) is 0 Å². The Morgan fingerprint density at radius 3 is 3.07 bits per heavy atom. The summed E-state index contributed by atoms with van der Waals surface area (Å²) in [5.41, 5.74) is 2.50. The quantitative estimate of drug-likeness (QED) is 0.713. The van der Waals surface area contributed by atoms with Crippen molar-refractivity contribution in [2.45, 2.75) is 13.3 Å². The van der Waals surface area contributed by atoms with Crippen LogP contribution in [0.4, 0.5) is 0 Å². The van der Waals surface area contributed by atoms with Gasteiger partial charge in [-0.25, -0.2) is 0 Å². The van der Waals surface area contributed by atoms with Crippen LogP contribution in [-0.4, -0.2) is 6.61 Å². The molecule has 0 aliphatic carbocycles. The molecular formula is C11H10ClIO. The van der Waals surface area contributed by atoms with Crippen LogP contribution < -0.4 is 4.74 Å². The molecule has 0 radical (unpaired) electrons. The summed E-state index contributed by atoms with van der Waals surface area (Å²) in [5.74, 6) is 0.875. The molecular weight excluding hydrogens is 310 g/mol. The van der Waals surface area contributed by atoms with E-state index in [1.165, 1.54) is 14.7 Å². The first-order valence-corrected chi connectivity index (χ1v) is 5.96. The molecule has 0 aromatic heterocycles. The van der Waals surface area contributed by atoms with Gasteiger partial charge >= 0.3 is 0 Å². The van der Waals surface area contributed by atoms with Gasteiger partial charge in [0.25, 0.3) is 0 Å². The average Bonchev–Trinajstić information content (AvgIpc) is 2.60. The Bertz CT molecular complexity index is 399. The van der Waals surface area contributed by atoms with Crippen LogP contribution in [0, 0.1) is 3.57 Å². The summed E-state index contributed by atoms with van der Waals surface area (Å²) >= 11 is 8.40. The molecule has 1 aliphatic heterocycles. The Kier molecular flexibility index (Phi) is 3.02. The third-order valence-corrected chi connectivity index (χ3v) is 3.43. The molecule has 0 saturated carbocycles. The lowest BCUT2D eigenvalue weighted by atomic mass is 10.0. The van der Waals surface area contributed by atoms with Crippen molar-refractivity contribution in [3.8, 4) is 5.75 Å². The van der Waals surface area contributed by atoms with Crippen molar-refractivity contribution in [2.24, 2.45) is 0 Å². The number of hydrogen-bond acceptors (Lipinski definition) is 1. The highest BCUT2D eigenvalue weighted by atomic mass is 127. The molecule has 0 N–H and O–H groups in total. The molecule has 14 heavy (non-hydrogen) atoms. The van der Waals surface area contributed by atoms with Crippen molar-refractivity contribution in [2.75, 3.05) is 6.61 Å². The molecule has 0 atom stereocenters. The van der Waals surface area contributed by atoms with Gasteiger partial charge in [-0.05, 0) is 41.1 Å². The monoisotopic (exact) mass is 320 g/mol. The Labute approximate surface area is 102 Å². The Balaban J connectivity index is 2.65. The zero-order valence-electron chi connectivity index (χ0n) is 7.81. The maximum atomic E-state index is 6.09. The van der Waals surface area contributed by atoms with Gasteiger partial charge in [0.1, 0.15) is 5.75 Å². The van der Waals surface area contributed by atoms with Gasteiger partial charge in [0, 0.05) is 15.6 Å². The molecule has 0 bridgehead atoms. The molecule has 1 aliphatic rings. The molecule has 0 saturated heterocycles. The largest absolute Gasteiger partial charge is 0.491 e. The molecule has 1 heterocycles. The second kappa shape index (κ2) is 4.11. The predicted octanol–water partition coefficient (Wildman–Crippen LogP) is 3.91. The van der Waals surface area contributed by atoms with Crippen molar-refractivity contribution in [3.05, 3.63) is 31.9 Å². The highest BCUT2D eigenvalue weighted by molar-refractivity contribution is 14.1. The van der Waals surface area contributed by atoms with E-state index < -0.39 is 0 Å². The first-order chi connectivity index (χ1) is 6.74. The van der Waals surface area contributed by atoms with Crippen molar-refractivity contribution >= 4 is 40.3 Å². The van der Waals surface area contributed by atoms with Gasteiger partial charge in [0.15, 0.2) is 0 Å². The van der Waals surface area contributed by atoms with E-state index in [2.05, 4.69) is 28.7 Å². The molecule has 74 valence electrons. The van der Waals surface area contributed by atoms with E-state index in [1.807, 2.05) is 19.1 Å². The summed E-state index contributed by atoms with van der Waals surface area (Å²) in [4.78, 5) is 0. The summed E-state index contributed by atoms with van der Waals surface area (Å²) in [5, 5.41) is 0.732. The molecule has 1 aromatic carbocycles. The number of fused-ring (bicyclic) bond motifs is 1. The minimum atomic E-state index is 0.732. The van der Waals surface area contributed by atoms with E-state index in [-0.39, 0.29) is 0 Å². The molecule has 1 aromatic rings. The third kappa shape index (κ3) is 1.65. The van der Waals surface area contributed by atoms with Crippen LogP contribution in [0.5, 0.6) is 5.75 Å². The zero-order chi connectivity index (χ0) is 10.1. The average molecular weight is 321 g/mol. The van der Waals surface area contributed by atoms with E-state index >= 15 is 0 Å². The van der Waals surface area contributed by atoms with Gasteiger partial charge in [-0.1, -0.05) is 23.8 Å². The smallest absolute Gasteiger partial charge is 0.141 e. The second-order valence-electron chi connectivity index (χ2n) is 3.16. The SMILES string of the molecule is C/C=C/c1c(I)cc(Cl)c2c1CCO2. The van der Waals surface area contributed by atoms with E-state index in [1.54, 1.807) is 0 Å². The third-order valence-electron chi connectivity index (χ3n) is 2.26. The maximum Gasteiger partial charge on any atom is 0.141 e. The minimum Gasteiger partial charge on any atom is -0.491 e. The van der Waals surface area contributed by atoms with E-state index in [0.29, 0.717) is 0 Å². The fourth-order valence-corrected chi connectivity index (χ4v) is 2.95. The highest BCUT2D eigenvalue weighted by Crippen LogP contribution is 2.38. The predicted molar refractivity (Wildman–Crippen MR) is 68.1 cm³/mol. The van der Waals surface area contributed by atoms with Gasteiger partial charge in [-0.15, -0.1) is 0 Å². The topological polar surface area (TPSA) is 9.23 Å². The molecule has 0 fully saturated rings. The van der Waals surface area contributed by atoms with Crippen LogP contribution in [0.15, 0.2) is 12.1 Å². The number of hydrogen-bond donors (Lipinski definition) is 0. The number of benzene rings is 1. The summed E-state index contributed by atoms with van der Waals surface area (Å²) in [6.07, 6.45) is 5.13. The Hall–Kier alpha value is -0.220. The van der Waals surface area contributed by atoms with Gasteiger partial charge in [-0.2, -0.15) is 0 Å². The molecule has 1 nitrogen and oxygen atoms in total. The lowest BCUT2D eigenvalue weighted by molar-refractivity contribution is 0.357. The van der Waals surface area contributed by atoms with Gasteiger partial charge in [0.2, 0.25) is 0 Å². The van der Waals surface area contributed by atoms with Crippen LogP contribution in [0.25, 0.3) is 6.08 Å². The first kappa shape index (κ1) is 10.3. The molecule has 0 amide bonds. The number of allylic oxidation sites excluding steroid dienone is 1. The fraction of sp³-hybridized carbons (Fsp3) is 0.273. The molecule has 0 spiro atoms. The summed E-state index contributed by atoms with van der Waals surface area (Å²) < 4.78 is 6.69. The first-order valence-electron chi connectivity index (χ1n) is 4.50. The minimum absolute atomic E-state index is 0.732. The van der Waals surface area contributed by atoms with Crippen LogP contribution >= 0.6 is 34.2 Å². The number of halogens is 2. The van der Waals surface area contributed by atoms with Crippen LogP contribution in [0.3, 0.4) is 0 Å². The highest BCUT2D eigenvalue weighted by Gasteiger charge is 2.20.